The molecule has 0 radical (unpaired) electrons. The number of rotatable bonds is 4. The molecule has 1 saturated heterocycles. The quantitative estimate of drug-likeness (QED) is 0.843. The molecular weight excluding hydrogens is 286 g/mol. The summed E-state index contributed by atoms with van der Waals surface area (Å²) in [7, 11) is -3.05. The van der Waals surface area contributed by atoms with Crippen molar-refractivity contribution in [2.75, 3.05) is 39.0 Å². The van der Waals surface area contributed by atoms with E-state index in [2.05, 4.69) is 18.7 Å². The van der Waals surface area contributed by atoms with E-state index in [1.807, 2.05) is 0 Å². The van der Waals surface area contributed by atoms with Crippen LogP contribution in [-0.2, 0) is 10.0 Å². The fraction of sp³-hybridized carbons (Fsp3) is 1.00. The van der Waals surface area contributed by atoms with Crippen LogP contribution in [0.1, 0.15) is 39.5 Å². The highest BCUT2D eigenvalue weighted by molar-refractivity contribution is 7.88. The Labute approximate surface area is 129 Å². The summed E-state index contributed by atoms with van der Waals surface area (Å²) < 4.78 is 24.8. The number of hydrogen-bond acceptors (Lipinski definition) is 4. The van der Waals surface area contributed by atoms with Crippen LogP contribution in [0.15, 0.2) is 0 Å². The minimum Gasteiger partial charge on any atom is -0.329 e. The Morgan fingerprint density at radius 3 is 2.05 bits per heavy atom. The normalized spacial score (nSPS) is 33.5. The Morgan fingerprint density at radius 1 is 1.14 bits per heavy atom. The average Bonchev–Trinajstić information content (AvgIpc) is 2.46. The van der Waals surface area contributed by atoms with E-state index < -0.39 is 10.0 Å². The first-order valence-corrected chi connectivity index (χ1v) is 10.0. The van der Waals surface area contributed by atoms with Gasteiger partial charge in [0.2, 0.25) is 10.0 Å². The van der Waals surface area contributed by atoms with Crippen LogP contribution in [-0.4, -0.2) is 62.1 Å². The molecule has 2 N–H and O–H groups in total. The molecule has 0 spiro atoms. The predicted molar refractivity (Wildman–Crippen MR) is 86.6 cm³/mol. The highest BCUT2D eigenvalue weighted by Gasteiger charge is 2.41. The Bertz CT molecular complexity index is 434. The molecule has 1 saturated carbocycles. The van der Waals surface area contributed by atoms with Crippen molar-refractivity contribution in [2.24, 2.45) is 17.6 Å². The van der Waals surface area contributed by atoms with Crippen LogP contribution in [0.4, 0.5) is 0 Å². The fourth-order valence-corrected chi connectivity index (χ4v) is 4.81. The van der Waals surface area contributed by atoms with Crippen LogP contribution >= 0.6 is 0 Å². The summed E-state index contributed by atoms with van der Waals surface area (Å²) in [5.41, 5.74) is 6.24. The zero-order valence-electron chi connectivity index (χ0n) is 13.7. The largest absolute Gasteiger partial charge is 0.329 e. The molecule has 1 aliphatic heterocycles. The zero-order chi connectivity index (χ0) is 15.7. The van der Waals surface area contributed by atoms with E-state index in [9.17, 15) is 8.42 Å². The van der Waals surface area contributed by atoms with Gasteiger partial charge in [0.05, 0.1) is 6.26 Å². The number of hydrogen-bond donors (Lipinski definition) is 1. The molecule has 2 rings (SSSR count). The van der Waals surface area contributed by atoms with Gasteiger partial charge in [-0.05, 0) is 37.5 Å². The van der Waals surface area contributed by atoms with Crippen molar-refractivity contribution < 1.29 is 8.42 Å². The maximum Gasteiger partial charge on any atom is 0.211 e. The molecule has 5 nitrogen and oxygen atoms in total. The third kappa shape index (κ3) is 3.78. The van der Waals surface area contributed by atoms with Gasteiger partial charge >= 0.3 is 0 Å². The number of piperazine rings is 1. The lowest BCUT2D eigenvalue weighted by atomic mass is 9.72. The molecule has 0 aromatic heterocycles. The lowest BCUT2D eigenvalue weighted by Gasteiger charge is -2.50. The van der Waals surface area contributed by atoms with E-state index in [1.54, 1.807) is 4.31 Å². The number of nitrogens with zero attached hydrogens (tertiary/aromatic N) is 2. The second-order valence-electron chi connectivity index (χ2n) is 7.16. The summed E-state index contributed by atoms with van der Waals surface area (Å²) in [5.74, 6) is 1.57. The molecule has 1 heterocycles. The highest BCUT2D eigenvalue weighted by Crippen LogP contribution is 2.39. The summed E-state index contributed by atoms with van der Waals surface area (Å²) in [4.78, 5) is 2.46. The third-order valence-corrected chi connectivity index (χ3v) is 6.97. The third-order valence-electron chi connectivity index (χ3n) is 5.66. The summed E-state index contributed by atoms with van der Waals surface area (Å²) >= 11 is 0. The molecule has 0 unspecified atom stereocenters. The Hall–Kier alpha value is -0.170. The summed E-state index contributed by atoms with van der Waals surface area (Å²) in [6.07, 6.45) is 6.12. The van der Waals surface area contributed by atoms with Gasteiger partial charge < -0.3 is 5.73 Å². The fourth-order valence-electron chi connectivity index (χ4n) is 3.99. The minimum atomic E-state index is -3.05. The number of nitrogens with two attached hydrogens (primary N) is 1. The molecule has 2 fully saturated rings. The second-order valence-corrected chi connectivity index (χ2v) is 9.14. The van der Waals surface area contributed by atoms with E-state index in [0.717, 1.165) is 37.8 Å². The first-order chi connectivity index (χ1) is 9.78. The summed E-state index contributed by atoms with van der Waals surface area (Å²) in [6, 6.07) is 0. The van der Waals surface area contributed by atoms with E-state index in [1.165, 1.54) is 19.1 Å². The van der Waals surface area contributed by atoms with Crippen LogP contribution in [0.25, 0.3) is 0 Å². The Balaban J connectivity index is 1.97. The van der Waals surface area contributed by atoms with Crippen molar-refractivity contribution in [3.05, 3.63) is 0 Å². The van der Waals surface area contributed by atoms with Crippen molar-refractivity contribution in [2.45, 2.75) is 45.1 Å². The monoisotopic (exact) mass is 317 g/mol. The van der Waals surface area contributed by atoms with Gasteiger partial charge in [-0.15, -0.1) is 0 Å². The molecule has 0 bridgehead atoms. The summed E-state index contributed by atoms with van der Waals surface area (Å²) in [5, 5.41) is 0. The van der Waals surface area contributed by atoms with Gasteiger partial charge in [-0.3, -0.25) is 4.90 Å². The van der Waals surface area contributed by atoms with Gasteiger partial charge in [0.15, 0.2) is 0 Å². The van der Waals surface area contributed by atoms with E-state index in [-0.39, 0.29) is 5.54 Å². The molecule has 0 aromatic rings. The van der Waals surface area contributed by atoms with Crippen LogP contribution in [0.3, 0.4) is 0 Å². The molecule has 0 amide bonds. The van der Waals surface area contributed by atoms with E-state index in [4.69, 9.17) is 5.73 Å². The van der Waals surface area contributed by atoms with Crippen LogP contribution in [0.2, 0.25) is 0 Å². The molecule has 0 atom stereocenters. The maximum absolute atomic E-state index is 11.6. The molecule has 21 heavy (non-hydrogen) atoms. The lowest BCUT2D eigenvalue weighted by Crippen LogP contribution is -2.61. The van der Waals surface area contributed by atoms with Gasteiger partial charge in [0, 0.05) is 38.3 Å². The van der Waals surface area contributed by atoms with Crippen LogP contribution in [0, 0.1) is 11.8 Å². The molecule has 6 heteroatoms. The van der Waals surface area contributed by atoms with Crippen LogP contribution < -0.4 is 5.73 Å². The average molecular weight is 317 g/mol. The topological polar surface area (TPSA) is 66.6 Å². The zero-order valence-corrected chi connectivity index (χ0v) is 14.5. The van der Waals surface area contributed by atoms with Gasteiger partial charge in [0.25, 0.3) is 0 Å². The first-order valence-electron chi connectivity index (χ1n) is 8.19. The van der Waals surface area contributed by atoms with Crippen LogP contribution in [0.5, 0.6) is 0 Å². The standard InChI is InChI=1S/C15H31N3O2S/c1-13(2)14-4-6-15(12-16,7-5-14)17-8-10-18(11-9-17)21(3,19)20/h13-14H,4-12,16H2,1-3H3. The highest BCUT2D eigenvalue weighted by atomic mass is 32.2. The van der Waals surface area contributed by atoms with Gasteiger partial charge in [0.1, 0.15) is 0 Å². The molecule has 0 aromatic carbocycles. The summed E-state index contributed by atoms with van der Waals surface area (Å²) in [6.45, 7) is 8.16. The van der Waals surface area contributed by atoms with Crippen molar-refractivity contribution in [1.29, 1.82) is 0 Å². The van der Waals surface area contributed by atoms with Gasteiger partial charge in [-0.2, -0.15) is 4.31 Å². The Kier molecular flexibility index (Phi) is 5.34. The molecule has 124 valence electrons. The van der Waals surface area contributed by atoms with E-state index in [0.29, 0.717) is 19.6 Å². The SMILES string of the molecule is CC(C)C1CCC(CN)(N2CCN(S(C)(=O)=O)CC2)CC1. The van der Waals surface area contributed by atoms with E-state index >= 15 is 0 Å². The van der Waals surface area contributed by atoms with Crippen molar-refractivity contribution in [3.63, 3.8) is 0 Å². The van der Waals surface area contributed by atoms with Crippen molar-refractivity contribution >= 4 is 10.0 Å². The predicted octanol–water partition coefficient (Wildman–Crippen LogP) is 1.11. The first kappa shape index (κ1) is 17.2. The lowest BCUT2D eigenvalue weighted by molar-refractivity contribution is 0.0136. The Morgan fingerprint density at radius 2 is 1.67 bits per heavy atom. The van der Waals surface area contributed by atoms with Crippen molar-refractivity contribution in [1.82, 2.24) is 9.21 Å². The van der Waals surface area contributed by atoms with Crippen molar-refractivity contribution in [3.8, 4) is 0 Å². The minimum absolute atomic E-state index is 0.106. The van der Waals surface area contributed by atoms with Gasteiger partial charge in [-0.25, -0.2) is 8.42 Å². The van der Waals surface area contributed by atoms with Gasteiger partial charge in [-0.1, -0.05) is 13.8 Å². The molecule has 1 aliphatic carbocycles. The molecule has 2 aliphatic rings. The smallest absolute Gasteiger partial charge is 0.211 e. The molecular formula is C15H31N3O2S. The second kappa shape index (κ2) is 6.52. The maximum atomic E-state index is 11.6. The number of sulfonamides is 1.